The Balaban J connectivity index is 1.46. The van der Waals surface area contributed by atoms with Crippen LogP contribution in [0.4, 0.5) is 11.6 Å². The average Bonchev–Trinajstić information content (AvgIpc) is 3.56. The van der Waals surface area contributed by atoms with Crippen molar-refractivity contribution in [1.29, 1.82) is 0 Å². The van der Waals surface area contributed by atoms with Crippen molar-refractivity contribution in [3.63, 3.8) is 0 Å². The number of carbonyl (C=O) groups is 1. The monoisotopic (exact) mass is 492 g/mol. The standard InChI is InChI=1S/C27H36N6O3/c1-17-12-19(4-7-21(17)26(34)31-20-5-6-20)22-15-30-33-24(28-14-18-8-10-36-11-9-18)13-23(32-25(22)33)29-16-27(2,3)35/h4,7,12-13,15,18,20,28,35H,5-6,8-11,14,16H2,1-3H3,(H,29,32)(H,31,34). The van der Waals surface area contributed by atoms with E-state index in [0.717, 1.165) is 68.0 Å². The van der Waals surface area contributed by atoms with Gasteiger partial charge in [-0.25, -0.2) is 4.98 Å². The Morgan fingerprint density at radius 3 is 2.64 bits per heavy atom. The Morgan fingerprint density at radius 1 is 1.17 bits per heavy atom. The van der Waals surface area contributed by atoms with Gasteiger partial charge >= 0.3 is 0 Å². The van der Waals surface area contributed by atoms with Gasteiger partial charge < -0.3 is 25.8 Å². The van der Waals surface area contributed by atoms with Gasteiger partial charge in [-0.2, -0.15) is 9.61 Å². The summed E-state index contributed by atoms with van der Waals surface area (Å²) in [4.78, 5) is 17.4. The first-order valence-corrected chi connectivity index (χ1v) is 12.9. The number of rotatable bonds is 9. The minimum Gasteiger partial charge on any atom is -0.389 e. The van der Waals surface area contributed by atoms with Crippen molar-refractivity contribution in [2.45, 2.75) is 58.1 Å². The van der Waals surface area contributed by atoms with E-state index in [9.17, 15) is 9.90 Å². The van der Waals surface area contributed by atoms with Crippen LogP contribution in [-0.4, -0.2) is 63.6 Å². The van der Waals surface area contributed by atoms with Gasteiger partial charge in [0.2, 0.25) is 0 Å². The maximum absolute atomic E-state index is 12.6. The predicted molar refractivity (Wildman–Crippen MR) is 140 cm³/mol. The molecule has 2 aromatic heterocycles. The van der Waals surface area contributed by atoms with Crippen LogP contribution in [-0.2, 0) is 4.74 Å². The highest BCUT2D eigenvalue weighted by atomic mass is 16.5. The molecule has 2 fully saturated rings. The second-order valence-electron chi connectivity index (χ2n) is 10.7. The van der Waals surface area contributed by atoms with Crippen molar-refractivity contribution < 1.29 is 14.6 Å². The van der Waals surface area contributed by atoms with Gasteiger partial charge in [-0.15, -0.1) is 0 Å². The van der Waals surface area contributed by atoms with Crippen LogP contribution >= 0.6 is 0 Å². The molecule has 0 spiro atoms. The molecule has 1 saturated heterocycles. The second-order valence-corrected chi connectivity index (χ2v) is 10.7. The molecule has 1 amide bonds. The van der Waals surface area contributed by atoms with E-state index in [1.54, 1.807) is 13.8 Å². The maximum atomic E-state index is 12.6. The molecule has 0 bridgehead atoms. The predicted octanol–water partition coefficient (Wildman–Crippen LogP) is 3.62. The molecule has 4 N–H and O–H groups in total. The van der Waals surface area contributed by atoms with E-state index in [0.29, 0.717) is 35.5 Å². The van der Waals surface area contributed by atoms with E-state index < -0.39 is 5.60 Å². The van der Waals surface area contributed by atoms with Crippen LogP contribution in [0.5, 0.6) is 0 Å². The number of anilines is 2. The van der Waals surface area contributed by atoms with Crippen LogP contribution in [0.15, 0.2) is 30.5 Å². The third-order valence-corrected chi connectivity index (χ3v) is 6.78. The number of carbonyl (C=O) groups excluding carboxylic acids is 1. The number of ether oxygens (including phenoxy) is 1. The highest BCUT2D eigenvalue weighted by Crippen LogP contribution is 2.29. The van der Waals surface area contributed by atoms with E-state index in [2.05, 4.69) is 21.0 Å². The molecule has 0 atom stereocenters. The number of hydrogen-bond donors (Lipinski definition) is 4. The van der Waals surface area contributed by atoms with E-state index in [1.807, 2.05) is 41.9 Å². The van der Waals surface area contributed by atoms with Gasteiger partial charge in [-0.05, 0) is 69.6 Å². The van der Waals surface area contributed by atoms with Crippen molar-refractivity contribution in [2.24, 2.45) is 5.92 Å². The van der Waals surface area contributed by atoms with Gasteiger partial charge in [0.25, 0.3) is 5.91 Å². The summed E-state index contributed by atoms with van der Waals surface area (Å²) in [6, 6.07) is 8.12. The molecule has 1 aliphatic carbocycles. The lowest BCUT2D eigenvalue weighted by Gasteiger charge is -2.23. The van der Waals surface area contributed by atoms with Crippen LogP contribution in [0, 0.1) is 12.8 Å². The van der Waals surface area contributed by atoms with Crippen molar-refractivity contribution in [3.8, 4) is 11.1 Å². The minimum absolute atomic E-state index is 0.0164. The average molecular weight is 493 g/mol. The Labute approximate surface area is 211 Å². The van der Waals surface area contributed by atoms with Crippen LogP contribution in [0.25, 0.3) is 16.8 Å². The molecule has 1 aliphatic heterocycles. The highest BCUT2D eigenvalue weighted by Gasteiger charge is 2.25. The first-order chi connectivity index (χ1) is 17.3. The van der Waals surface area contributed by atoms with Gasteiger partial charge in [0.1, 0.15) is 11.6 Å². The van der Waals surface area contributed by atoms with Crippen LogP contribution in [0.3, 0.4) is 0 Å². The van der Waals surface area contributed by atoms with Gasteiger partial charge in [0.05, 0.1) is 11.8 Å². The molecule has 0 unspecified atom stereocenters. The first-order valence-electron chi connectivity index (χ1n) is 12.9. The van der Waals surface area contributed by atoms with Crippen LogP contribution in [0.2, 0.25) is 0 Å². The molecule has 1 aromatic carbocycles. The summed E-state index contributed by atoms with van der Waals surface area (Å²) in [6.45, 7) is 8.28. The third-order valence-electron chi connectivity index (χ3n) is 6.78. The number of amides is 1. The Morgan fingerprint density at radius 2 is 1.94 bits per heavy atom. The molecule has 0 radical (unpaired) electrons. The van der Waals surface area contributed by atoms with Crippen LogP contribution in [0.1, 0.15) is 55.5 Å². The van der Waals surface area contributed by atoms with Crippen LogP contribution < -0.4 is 16.0 Å². The molecule has 2 aliphatic rings. The SMILES string of the molecule is Cc1cc(-c2cnn3c(NCC4CCOCC4)cc(NCC(C)(C)O)nc23)ccc1C(=O)NC1CC1. The van der Waals surface area contributed by atoms with Gasteiger partial charge in [0, 0.05) is 49.5 Å². The lowest BCUT2D eigenvalue weighted by Crippen LogP contribution is -2.29. The molecular formula is C27H36N6O3. The number of aromatic nitrogens is 3. The fourth-order valence-electron chi connectivity index (χ4n) is 4.47. The van der Waals surface area contributed by atoms with Crippen molar-refractivity contribution >= 4 is 23.2 Å². The smallest absolute Gasteiger partial charge is 0.251 e. The maximum Gasteiger partial charge on any atom is 0.251 e. The fourth-order valence-corrected chi connectivity index (χ4v) is 4.47. The molecule has 1 saturated carbocycles. The number of benzene rings is 1. The summed E-state index contributed by atoms with van der Waals surface area (Å²) in [5, 5.41) is 24.8. The molecule has 192 valence electrons. The summed E-state index contributed by atoms with van der Waals surface area (Å²) in [5.74, 6) is 2.03. The van der Waals surface area contributed by atoms with Gasteiger partial charge in [-0.1, -0.05) is 12.1 Å². The summed E-state index contributed by atoms with van der Waals surface area (Å²) in [5.41, 5.74) is 3.28. The third kappa shape index (κ3) is 5.79. The summed E-state index contributed by atoms with van der Waals surface area (Å²) < 4.78 is 7.32. The van der Waals surface area contributed by atoms with Crippen molar-refractivity contribution in [2.75, 3.05) is 36.9 Å². The Bertz CT molecular complexity index is 1240. The zero-order valence-electron chi connectivity index (χ0n) is 21.3. The lowest BCUT2D eigenvalue weighted by atomic mass is 10.0. The Kier molecular flexibility index (Phi) is 6.85. The zero-order chi connectivity index (χ0) is 25.3. The number of nitrogens with zero attached hydrogens (tertiary/aromatic N) is 3. The lowest BCUT2D eigenvalue weighted by molar-refractivity contribution is 0.0699. The number of nitrogens with one attached hydrogen (secondary N) is 3. The van der Waals surface area contributed by atoms with E-state index >= 15 is 0 Å². The molecule has 5 rings (SSSR count). The van der Waals surface area contributed by atoms with E-state index in [-0.39, 0.29) is 5.91 Å². The molecular weight excluding hydrogens is 456 g/mol. The fraction of sp³-hybridized carbons (Fsp3) is 0.519. The quantitative estimate of drug-likeness (QED) is 0.361. The Hall–Kier alpha value is -3.17. The van der Waals surface area contributed by atoms with Gasteiger partial charge in [0.15, 0.2) is 5.65 Å². The van der Waals surface area contributed by atoms with E-state index in [1.165, 1.54) is 0 Å². The summed E-state index contributed by atoms with van der Waals surface area (Å²) in [6.07, 6.45) is 6.02. The minimum atomic E-state index is -0.874. The number of hydrogen-bond acceptors (Lipinski definition) is 7. The van der Waals surface area contributed by atoms with Crippen molar-refractivity contribution in [1.82, 2.24) is 19.9 Å². The topological polar surface area (TPSA) is 113 Å². The number of aliphatic hydroxyl groups is 1. The summed E-state index contributed by atoms with van der Waals surface area (Å²) >= 11 is 0. The molecule has 9 nitrogen and oxygen atoms in total. The first kappa shape index (κ1) is 24.5. The van der Waals surface area contributed by atoms with Crippen molar-refractivity contribution in [3.05, 3.63) is 41.6 Å². The molecule has 3 heterocycles. The molecule has 9 heteroatoms. The molecule has 3 aromatic rings. The second kappa shape index (κ2) is 10.1. The summed E-state index contributed by atoms with van der Waals surface area (Å²) in [7, 11) is 0. The number of aryl methyl sites for hydroxylation is 1. The van der Waals surface area contributed by atoms with Gasteiger partial charge in [-0.3, -0.25) is 4.79 Å². The number of fused-ring (bicyclic) bond motifs is 1. The molecule has 36 heavy (non-hydrogen) atoms. The zero-order valence-corrected chi connectivity index (χ0v) is 21.3. The highest BCUT2D eigenvalue weighted by molar-refractivity contribution is 5.97. The largest absolute Gasteiger partial charge is 0.389 e. The normalized spacial score (nSPS) is 16.8. The van der Waals surface area contributed by atoms with E-state index in [4.69, 9.17) is 9.72 Å².